The minimum atomic E-state index is 0.639. The Bertz CT molecular complexity index is 389. The number of benzene rings is 1. The van der Waals surface area contributed by atoms with E-state index in [9.17, 15) is 0 Å². The highest BCUT2D eigenvalue weighted by Gasteiger charge is 2.26. The molecule has 18 heavy (non-hydrogen) atoms. The lowest BCUT2D eigenvalue weighted by Gasteiger charge is -2.19. The van der Waals surface area contributed by atoms with Gasteiger partial charge in [-0.1, -0.05) is 57.6 Å². The predicted octanol–water partition coefficient (Wildman–Crippen LogP) is 5.46. The van der Waals surface area contributed by atoms with Crippen molar-refractivity contribution in [1.82, 2.24) is 0 Å². The van der Waals surface area contributed by atoms with Gasteiger partial charge in [0.05, 0.1) is 0 Å². The molecule has 0 saturated heterocycles. The molecule has 1 aliphatic heterocycles. The van der Waals surface area contributed by atoms with Crippen LogP contribution in [-0.2, 0) is 0 Å². The smallest absolute Gasteiger partial charge is 0.0410 e. The third-order valence-corrected chi connectivity index (χ3v) is 4.36. The Labute approximate surface area is 116 Å². The van der Waals surface area contributed by atoms with Gasteiger partial charge in [0, 0.05) is 23.2 Å². The first kappa shape index (κ1) is 13.7. The summed E-state index contributed by atoms with van der Waals surface area (Å²) in [5.41, 5.74) is 2.70. The van der Waals surface area contributed by atoms with Crippen LogP contribution in [0.25, 0.3) is 0 Å². The Morgan fingerprint density at radius 3 is 2.94 bits per heavy atom. The number of unbranched alkanes of at least 4 members (excludes halogenated alkanes) is 3. The predicted molar refractivity (Wildman–Crippen MR) is 80.6 cm³/mol. The van der Waals surface area contributed by atoms with Gasteiger partial charge in [0.25, 0.3) is 0 Å². The molecule has 0 fully saturated rings. The number of fused-ring (bicyclic) bond motifs is 1. The number of hydrogen-bond donors (Lipinski definition) is 1. The Morgan fingerprint density at radius 2 is 2.17 bits per heavy atom. The molecule has 2 heteroatoms. The molecule has 1 aromatic rings. The van der Waals surface area contributed by atoms with Crippen molar-refractivity contribution in [2.24, 2.45) is 5.92 Å². The third-order valence-electron chi connectivity index (χ3n) is 4.13. The van der Waals surface area contributed by atoms with E-state index in [2.05, 4.69) is 31.3 Å². The van der Waals surface area contributed by atoms with E-state index in [1.807, 2.05) is 6.07 Å². The van der Waals surface area contributed by atoms with Crippen molar-refractivity contribution >= 4 is 17.3 Å². The van der Waals surface area contributed by atoms with Crippen LogP contribution in [0.1, 0.15) is 57.4 Å². The van der Waals surface area contributed by atoms with Gasteiger partial charge in [0.15, 0.2) is 0 Å². The molecule has 0 amide bonds. The average molecular weight is 266 g/mol. The summed E-state index contributed by atoms with van der Waals surface area (Å²) in [6.07, 6.45) is 6.76. The zero-order valence-electron chi connectivity index (χ0n) is 11.5. The maximum Gasteiger partial charge on any atom is 0.0410 e. The van der Waals surface area contributed by atoms with E-state index in [0.717, 1.165) is 17.5 Å². The summed E-state index contributed by atoms with van der Waals surface area (Å²) in [4.78, 5) is 0. The normalized spacial score (nSPS) is 19.4. The van der Waals surface area contributed by atoms with Crippen molar-refractivity contribution in [3.63, 3.8) is 0 Å². The van der Waals surface area contributed by atoms with Crippen molar-refractivity contribution < 1.29 is 0 Å². The zero-order valence-corrected chi connectivity index (χ0v) is 12.3. The minimum Gasteiger partial charge on any atom is -0.384 e. The van der Waals surface area contributed by atoms with E-state index in [0.29, 0.717) is 5.92 Å². The van der Waals surface area contributed by atoms with Crippen LogP contribution < -0.4 is 5.32 Å². The molecule has 1 heterocycles. The van der Waals surface area contributed by atoms with Gasteiger partial charge in [-0.15, -0.1) is 0 Å². The first-order chi connectivity index (χ1) is 8.72. The van der Waals surface area contributed by atoms with E-state index in [4.69, 9.17) is 11.6 Å². The van der Waals surface area contributed by atoms with Gasteiger partial charge in [-0.05, 0) is 29.7 Å². The third kappa shape index (κ3) is 3.20. The standard InChI is InChI=1S/C16H24ClN/c1-3-4-5-6-7-12(2)15-11-18-16-9-8-13(17)10-14(15)16/h8-10,12,15,18H,3-7,11H2,1-2H3. The van der Waals surface area contributed by atoms with Crippen LogP contribution in [-0.4, -0.2) is 6.54 Å². The molecule has 0 aromatic heterocycles. The molecule has 1 nitrogen and oxygen atoms in total. The van der Waals surface area contributed by atoms with Crippen LogP contribution in [0.2, 0.25) is 5.02 Å². The average Bonchev–Trinajstić information content (AvgIpc) is 2.77. The minimum absolute atomic E-state index is 0.639. The fraction of sp³-hybridized carbons (Fsp3) is 0.625. The van der Waals surface area contributed by atoms with Crippen molar-refractivity contribution in [1.29, 1.82) is 0 Å². The largest absolute Gasteiger partial charge is 0.384 e. The second-order valence-corrected chi connectivity index (χ2v) is 5.98. The SMILES string of the molecule is CCCCCCC(C)C1CNc2ccc(Cl)cc21. The molecule has 2 atom stereocenters. The van der Waals surface area contributed by atoms with Crippen LogP contribution >= 0.6 is 11.6 Å². The topological polar surface area (TPSA) is 12.0 Å². The van der Waals surface area contributed by atoms with Crippen molar-refractivity contribution in [2.75, 3.05) is 11.9 Å². The summed E-state index contributed by atoms with van der Waals surface area (Å²) in [5.74, 6) is 1.38. The molecule has 0 spiro atoms. The highest BCUT2D eigenvalue weighted by Crippen LogP contribution is 2.39. The van der Waals surface area contributed by atoms with Crippen molar-refractivity contribution in [2.45, 2.75) is 51.9 Å². The molecule has 0 radical (unpaired) electrons. The summed E-state index contributed by atoms with van der Waals surface area (Å²) in [6, 6.07) is 6.23. The van der Waals surface area contributed by atoms with E-state index >= 15 is 0 Å². The fourth-order valence-corrected chi connectivity index (χ4v) is 3.11. The van der Waals surface area contributed by atoms with E-state index in [-0.39, 0.29) is 0 Å². The van der Waals surface area contributed by atoms with Crippen molar-refractivity contribution in [3.8, 4) is 0 Å². The zero-order chi connectivity index (χ0) is 13.0. The van der Waals surface area contributed by atoms with Crippen LogP contribution in [0.3, 0.4) is 0 Å². The fourth-order valence-electron chi connectivity index (χ4n) is 2.93. The Morgan fingerprint density at radius 1 is 1.33 bits per heavy atom. The molecular formula is C16H24ClN. The lowest BCUT2D eigenvalue weighted by Crippen LogP contribution is -2.12. The summed E-state index contributed by atoms with van der Waals surface area (Å²) >= 11 is 6.11. The Hall–Kier alpha value is -0.690. The summed E-state index contributed by atoms with van der Waals surface area (Å²) in [7, 11) is 0. The maximum absolute atomic E-state index is 6.11. The van der Waals surface area contributed by atoms with Crippen molar-refractivity contribution in [3.05, 3.63) is 28.8 Å². The molecule has 2 unspecified atom stereocenters. The molecule has 1 aromatic carbocycles. The van der Waals surface area contributed by atoms with Gasteiger partial charge in [0.2, 0.25) is 0 Å². The highest BCUT2D eigenvalue weighted by molar-refractivity contribution is 6.30. The first-order valence-electron chi connectivity index (χ1n) is 7.25. The maximum atomic E-state index is 6.11. The van der Waals surface area contributed by atoms with Gasteiger partial charge < -0.3 is 5.32 Å². The lowest BCUT2D eigenvalue weighted by molar-refractivity contribution is 0.427. The summed E-state index contributed by atoms with van der Waals surface area (Å²) in [6.45, 7) is 5.72. The van der Waals surface area contributed by atoms with E-state index in [1.165, 1.54) is 43.4 Å². The number of rotatable bonds is 6. The van der Waals surface area contributed by atoms with Gasteiger partial charge in [-0.3, -0.25) is 0 Å². The second-order valence-electron chi connectivity index (χ2n) is 5.55. The highest BCUT2D eigenvalue weighted by atomic mass is 35.5. The number of hydrogen-bond acceptors (Lipinski definition) is 1. The molecule has 100 valence electrons. The molecule has 1 aliphatic rings. The molecule has 1 N–H and O–H groups in total. The summed E-state index contributed by atoms with van der Waals surface area (Å²) in [5, 5.41) is 4.36. The van der Waals surface area contributed by atoms with Crippen LogP contribution in [0, 0.1) is 5.92 Å². The van der Waals surface area contributed by atoms with E-state index < -0.39 is 0 Å². The first-order valence-corrected chi connectivity index (χ1v) is 7.63. The quantitative estimate of drug-likeness (QED) is 0.674. The Balaban J connectivity index is 1.93. The van der Waals surface area contributed by atoms with Crippen LogP contribution in [0.5, 0.6) is 0 Å². The molecule has 0 bridgehead atoms. The molecular weight excluding hydrogens is 242 g/mol. The van der Waals surface area contributed by atoms with Crippen LogP contribution in [0.15, 0.2) is 18.2 Å². The van der Waals surface area contributed by atoms with Crippen LogP contribution in [0.4, 0.5) is 5.69 Å². The Kier molecular flexibility index (Phi) is 4.94. The lowest BCUT2D eigenvalue weighted by atomic mass is 9.85. The van der Waals surface area contributed by atoms with Gasteiger partial charge in [0.1, 0.15) is 0 Å². The van der Waals surface area contributed by atoms with E-state index in [1.54, 1.807) is 0 Å². The molecule has 0 aliphatic carbocycles. The summed E-state index contributed by atoms with van der Waals surface area (Å²) < 4.78 is 0. The van der Waals surface area contributed by atoms with Gasteiger partial charge >= 0.3 is 0 Å². The number of halogens is 1. The molecule has 0 saturated carbocycles. The number of anilines is 1. The molecule has 2 rings (SSSR count). The number of nitrogens with one attached hydrogen (secondary N) is 1. The second kappa shape index (κ2) is 6.47. The van der Waals surface area contributed by atoms with Gasteiger partial charge in [-0.25, -0.2) is 0 Å². The van der Waals surface area contributed by atoms with Gasteiger partial charge in [-0.2, -0.15) is 0 Å². The monoisotopic (exact) mass is 265 g/mol.